The molecular formula is C18H20N4O4. The average molecular weight is 356 g/mol. The van der Waals surface area contributed by atoms with E-state index in [0.717, 1.165) is 0 Å². The predicted molar refractivity (Wildman–Crippen MR) is 94.9 cm³/mol. The molecule has 1 atom stereocenters. The van der Waals surface area contributed by atoms with Crippen molar-refractivity contribution >= 4 is 11.7 Å². The summed E-state index contributed by atoms with van der Waals surface area (Å²) in [5.74, 6) is 1.04. The smallest absolute Gasteiger partial charge is 0.319 e. The molecule has 0 saturated heterocycles. The molecule has 2 amide bonds. The van der Waals surface area contributed by atoms with E-state index < -0.39 is 12.1 Å². The van der Waals surface area contributed by atoms with Gasteiger partial charge in [0, 0.05) is 24.1 Å². The molecule has 26 heavy (non-hydrogen) atoms. The summed E-state index contributed by atoms with van der Waals surface area (Å²) < 4.78 is 12.5. The summed E-state index contributed by atoms with van der Waals surface area (Å²) in [5.41, 5.74) is 0.589. The Morgan fingerprint density at radius 3 is 3.00 bits per heavy atom. The summed E-state index contributed by atoms with van der Waals surface area (Å²) >= 11 is 0. The number of urea groups is 1. The number of aromatic nitrogens is 2. The first-order chi connectivity index (χ1) is 12.7. The normalized spacial score (nSPS) is 11.7. The summed E-state index contributed by atoms with van der Waals surface area (Å²) in [7, 11) is 0. The van der Waals surface area contributed by atoms with Gasteiger partial charge < -0.3 is 24.9 Å². The second-order valence-electron chi connectivity index (χ2n) is 5.51. The molecule has 3 aromatic rings. The molecular weight excluding hydrogens is 336 g/mol. The number of aliphatic hydroxyl groups excluding tert-OH is 1. The molecule has 0 fully saturated rings. The highest BCUT2D eigenvalue weighted by atomic mass is 16.5. The van der Waals surface area contributed by atoms with Crippen LogP contribution in [0.2, 0.25) is 0 Å². The van der Waals surface area contributed by atoms with E-state index in [1.54, 1.807) is 41.2 Å². The van der Waals surface area contributed by atoms with Crippen LogP contribution in [0.25, 0.3) is 0 Å². The number of ether oxygens (including phenoxy) is 1. The maximum Gasteiger partial charge on any atom is 0.319 e. The zero-order chi connectivity index (χ0) is 18.2. The lowest BCUT2D eigenvalue weighted by atomic mass is 10.3. The minimum atomic E-state index is -0.896. The van der Waals surface area contributed by atoms with Crippen LogP contribution >= 0.6 is 0 Å². The van der Waals surface area contributed by atoms with Crippen LogP contribution in [0.1, 0.15) is 11.9 Å². The molecule has 0 radical (unpaired) electrons. The van der Waals surface area contributed by atoms with Gasteiger partial charge in [-0.1, -0.05) is 6.07 Å². The van der Waals surface area contributed by atoms with Gasteiger partial charge in [-0.3, -0.25) is 4.68 Å². The highest BCUT2D eigenvalue weighted by Gasteiger charge is 2.12. The number of nitrogens with one attached hydrogen (secondary N) is 2. The molecule has 0 spiro atoms. The first-order valence-corrected chi connectivity index (χ1v) is 8.17. The zero-order valence-electron chi connectivity index (χ0n) is 14.0. The molecule has 1 aromatic carbocycles. The lowest BCUT2D eigenvalue weighted by Gasteiger charge is -2.12. The summed E-state index contributed by atoms with van der Waals surface area (Å²) in [5, 5.41) is 19.3. The van der Waals surface area contributed by atoms with Crippen molar-refractivity contribution in [1.82, 2.24) is 15.1 Å². The highest BCUT2D eigenvalue weighted by Crippen LogP contribution is 2.17. The van der Waals surface area contributed by atoms with Crippen molar-refractivity contribution in [3.05, 3.63) is 66.9 Å². The molecule has 2 heterocycles. The zero-order valence-corrected chi connectivity index (χ0v) is 14.0. The minimum Gasteiger partial charge on any atom is -0.492 e. The molecule has 0 saturated carbocycles. The number of carbonyl (C=O) groups is 1. The molecule has 8 heteroatoms. The highest BCUT2D eigenvalue weighted by molar-refractivity contribution is 5.89. The number of carbonyl (C=O) groups excluding carboxylic acids is 1. The van der Waals surface area contributed by atoms with Crippen LogP contribution in [-0.4, -0.2) is 34.1 Å². The lowest BCUT2D eigenvalue weighted by molar-refractivity contribution is 0.149. The van der Waals surface area contributed by atoms with Crippen LogP contribution in [-0.2, 0) is 6.54 Å². The van der Waals surface area contributed by atoms with Gasteiger partial charge in [-0.15, -0.1) is 0 Å². The van der Waals surface area contributed by atoms with Crippen molar-refractivity contribution < 1.29 is 19.1 Å². The van der Waals surface area contributed by atoms with Crippen molar-refractivity contribution in [2.24, 2.45) is 0 Å². The number of rotatable bonds is 8. The van der Waals surface area contributed by atoms with Gasteiger partial charge in [-0.05, 0) is 30.3 Å². The number of nitrogens with zero attached hydrogens (tertiary/aromatic N) is 2. The Bertz CT molecular complexity index is 802. The van der Waals surface area contributed by atoms with Gasteiger partial charge >= 0.3 is 6.03 Å². The molecule has 136 valence electrons. The van der Waals surface area contributed by atoms with Crippen molar-refractivity contribution in [2.75, 3.05) is 18.5 Å². The van der Waals surface area contributed by atoms with Gasteiger partial charge in [0.2, 0.25) is 0 Å². The standard InChI is InChI=1S/C18H20N4O4/c23-16(17-6-2-10-26-17)13-19-18(24)21-14-4-1-5-15(12-14)25-11-9-22-8-3-7-20-22/h1-8,10,12,16,23H,9,11,13H2,(H2,19,21,24). The number of hydrogen-bond donors (Lipinski definition) is 3. The Morgan fingerprint density at radius 1 is 1.31 bits per heavy atom. The quantitative estimate of drug-likeness (QED) is 0.575. The summed E-state index contributed by atoms with van der Waals surface area (Å²) in [6.45, 7) is 1.14. The maximum atomic E-state index is 12.0. The minimum absolute atomic E-state index is 0.0411. The molecule has 1 unspecified atom stereocenters. The van der Waals surface area contributed by atoms with E-state index in [2.05, 4.69) is 15.7 Å². The Kier molecular flexibility index (Phi) is 5.89. The number of furan rings is 1. The van der Waals surface area contributed by atoms with Gasteiger partial charge in [-0.2, -0.15) is 5.10 Å². The average Bonchev–Trinajstić information content (AvgIpc) is 3.34. The number of benzene rings is 1. The Hall–Kier alpha value is -3.26. The summed E-state index contributed by atoms with van der Waals surface area (Å²) in [6.07, 6.45) is 4.15. The summed E-state index contributed by atoms with van der Waals surface area (Å²) in [6, 6.07) is 11.8. The van der Waals surface area contributed by atoms with Crippen molar-refractivity contribution in [3.63, 3.8) is 0 Å². The van der Waals surface area contributed by atoms with Crippen molar-refractivity contribution in [3.8, 4) is 5.75 Å². The molecule has 0 bridgehead atoms. The summed E-state index contributed by atoms with van der Waals surface area (Å²) in [4.78, 5) is 12.0. The first-order valence-electron chi connectivity index (χ1n) is 8.17. The molecule has 8 nitrogen and oxygen atoms in total. The topological polar surface area (TPSA) is 102 Å². The van der Waals surface area contributed by atoms with Crippen LogP contribution in [0.3, 0.4) is 0 Å². The number of anilines is 1. The van der Waals surface area contributed by atoms with Crippen molar-refractivity contribution in [2.45, 2.75) is 12.6 Å². The molecule has 3 N–H and O–H groups in total. The fourth-order valence-electron chi connectivity index (χ4n) is 2.30. The number of amides is 2. The van der Waals surface area contributed by atoms with Gasteiger partial charge in [0.15, 0.2) is 0 Å². The number of aliphatic hydroxyl groups is 1. The fourth-order valence-corrected chi connectivity index (χ4v) is 2.30. The van der Waals surface area contributed by atoms with Crippen LogP contribution in [0, 0.1) is 0 Å². The third-order valence-electron chi connectivity index (χ3n) is 3.57. The Balaban J connectivity index is 1.44. The van der Waals surface area contributed by atoms with Gasteiger partial charge in [0.1, 0.15) is 24.2 Å². The lowest BCUT2D eigenvalue weighted by Crippen LogP contribution is -2.32. The van der Waals surface area contributed by atoms with E-state index >= 15 is 0 Å². The van der Waals surface area contributed by atoms with Crippen LogP contribution < -0.4 is 15.4 Å². The molecule has 2 aromatic heterocycles. The first kappa shape index (κ1) is 17.6. The fraction of sp³-hybridized carbons (Fsp3) is 0.222. The molecule has 0 aliphatic carbocycles. The van der Waals surface area contributed by atoms with Gasteiger partial charge in [0.25, 0.3) is 0 Å². The van der Waals surface area contributed by atoms with Gasteiger partial charge in [-0.25, -0.2) is 4.79 Å². The largest absolute Gasteiger partial charge is 0.492 e. The van der Waals surface area contributed by atoms with Crippen LogP contribution in [0.4, 0.5) is 10.5 Å². The second-order valence-corrected chi connectivity index (χ2v) is 5.51. The van der Waals surface area contributed by atoms with E-state index in [1.165, 1.54) is 6.26 Å². The molecule has 0 aliphatic rings. The van der Waals surface area contributed by atoms with Gasteiger partial charge in [0.05, 0.1) is 19.4 Å². The van der Waals surface area contributed by atoms with Crippen molar-refractivity contribution in [1.29, 1.82) is 0 Å². The van der Waals surface area contributed by atoms with E-state index in [9.17, 15) is 9.90 Å². The monoisotopic (exact) mass is 356 g/mol. The Labute approximate surface area is 150 Å². The van der Waals surface area contributed by atoms with E-state index in [1.807, 2.05) is 18.3 Å². The van der Waals surface area contributed by atoms with Crippen LogP contribution in [0.5, 0.6) is 5.75 Å². The van der Waals surface area contributed by atoms with Crippen LogP contribution in [0.15, 0.2) is 65.5 Å². The van der Waals surface area contributed by atoms with E-state index in [4.69, 9.17) is 9.15 Å². The SMILES string of the molecule is O=C(NCC(O)c1ccco1)Nc1cccc(OCCn2cccn2)c1. The maximum absolute atomic E-state index is 12.0. The van der Waals surface area contributed by atoms with E-state index in [-0.39, 0.29) is 6.54 Å². The predicted octanol–water partition coefficient (Wildman–Crippen LogP) is 2.41. The Morgan fingerprint density at radius 2 is 2.23 bits per heavy atom. The third kappa shape index (κ3) is 5.12. The third-order valence-corrected chi connectivity index (χ3v) is 3.57. The number of hydrogen-bond acceptors (Lipinski definition) is 5. The molecule has 0 aliphatic heterocycles. The van der Waals surface area contributed by atoms with E-state index in [0.29, 0.717) is 30.3 Å². The molecule has 3 rings (SSSR count). The second kappa shape index (κ2) is 8.72.